The molecule has 0 unspecified atom stereocenters. The summed E-state index contributed by atoms with van der Waals surface area (Å²) < 4.78 is 27.1. The maximum Gasteiger partial charge on any atom is 0.274 e. The minimum Gasteiger partial charge on any atom is -0.494 e. The van der Waals surface area contributed by atoms with Gasteiger partial charge in [-0.2, -0.15) is 0 Å². The molecule has 0 radical (unpaired) electrons. The lowest BCUT2D eigenvalue weighted by atomic mass is 10.3. The number of nitro groups is 1. The van der Waals surface area contributed by atoms with Crippen molar-refractivity contribution in [2.75, 3.05) is 6.61 Å². The average molecular weight is 246 g/mol. The molecule has 0 fully saturated rings. The molecule has 0 amide bonds. The molecular weight excluding hydrogens is 236 g/mol. The highest BCUT2D eigenvalue weighted by atomic mass is 32.2. The zero-order chi connectivity index (χ0) is 12.3. The van der Waals surface area contributed by atoms with Gasteiger partial charge in [0.1, 0.15) is 5.75 Å². The lowest BCUT2D eigenvalue weighted by molar-refractivity contribution is -0.385. The van der Waals surface area contributed by atoms with Crippen LogP contribution < -0.4 is 9.88 Å². The van der Waals surface area contributed by atoms with Crippen molar-refractivity contribution < 1.29 is 18.1 Å². The molecule has 2 N–H and O–H groups in total. The Morgan fingerprint density at radius 2 is 2.06 bits per heavy atom. The second-order valence-electron chi connectivity index (χ2n) is 2.90. The van der Waals surface area contributed by atoms with E-state index in [1.807, 2.05) is 0 Å². The third-order valence-electron chi connectivity index (χ3n) is 1.72. The topological polar surface area (TPSA) is 113 Å². The molecule has 0 aliphatic carbocycles. The molecule has 7 nitrogen and oxygen atoms in total. The molecule has 1 rings (SSSR count). The number of benzene rings is 1. The van der Waals surface area contributed by atoms with Gasteiger partial charge in [-0.05, 0) is 6.92 Å². The Bertz CT molecular complexity index is 511. The summed E-state index contributed by atoms with van der Waals surface area (Å²) in [5.74, 6) is 0.0979. The molecule has 1 aromatic carbocycles. The van der Waals surface area contributed by atoms with E-state index in [1.54, 1.807) is 6.92 Å². The summed E-state index contributed by atoms with van der Waals surface area (Å²) in [7, 11) is -3.98. The second-order valence-corrected chi connectivity index (χ2v) is 4.46. The molecule has 0 aromatic heterocycles. The van der Waals surface area contributed by atoms with E-state index in [1.165, 1.54) is 0 Å². The molecule has 0 atom stereocenters. The lowest BCUT2D eigenvalue weighted by Crippen LogP contribution is -2.12. The summed E-state index contributed by atoms with van der Waals surface area (Å²) in [6.45, 7) is 1.95. The Labute approximate surface area is 92.0 Å². The van der Waals surface area contributed by atoms with Crippen LogP contribution in [0.2, 0.25) is 0 Å². The average Bonchev–Trinajstić information content (AvgIpc) is 2.16. The van der Waals surface area contributed by atoms with Crippen molar-refractivity contribution >= 4 is 15.7 Å². The van der Waals surface area contributed by atoms with Gasteiger partial charge in [0.2, 0.25) is 10.0 Å². The highest BCUT2D eigenvalue weighted by Gasteiger charge is 2.16. The van der Waals surface area contributed by atoms with E-state index in [-0.39, 0.29) is 22.9 Å². The van der Waals surface area contributed by atoms with Crippen LogP contribution in [0.15, 0.2) is 23.1 Å². The fourth-order valence-corrected chi connectivity index (χ4v) is 1.64. The summed E-state index contributed by atoms with van der Waals surface area (Å²) in [4.78, 5) is 9.50. The summed E-state index contributed by atoms with van der Waals surface area (Å²) >= 11 is 0. The minimum absolute atomic E-state index is 0.0979. The summed E-state index contributed by atoms with van der Waals surface area (Å²) in [6, 6.07) is 3.17. The van der Waals surface area contributed by atoms with Crippen LogP contribution in [0, 0.1) is 10.1 Å². The van der Waals surface area contributed by atoms with Crippen molar-refractivity contribution in [1.29, 1.82) is 0 Å². The fraction of sp³-hybridized carbons (Fsp3) is 0.250. The standard InChI is InChI=1S/C8H10N2O5S/c1-2-15-7-3-6(10(11)12)4-8(5-7)16(9,13)14/h3-5H,2H2,1H3,(H2,9,13,14). The van der Waals surface area contributed by atoms with Gasteiger partial charge in [-0.1, -0.05) is 0 Å². The van der Waals surface area contributed by atoms with E-state index in [0.717, 1.165) is 18.2 Å². The van der Waals surface area contributed by atoms with E-state index in [4.69, 9.17) is 9.88 Å². The number of primary sulfonamides is 1. The van der Waals surface area contributed by atoms with Crippen molar-refractivity contribution in [3.63, 3.8) is 0 Å². The minimum atomic E-state index is -3.98. The van der Waals surface area contributed by atoms with Gasteiger partial charge in [0, 0.05) is 12.1 Å². The van der Waals surface area contributed by atoms with Crippen LogP contribution >= 0.6 is 0 Å². The number of rotatable bonds is 4. The van der Waals surface area contributed by atoms with Gasteiger partial charge < -0.3 is 4.74 Å². The predicted molar refractivity (Wildman–Crippen MR) is 55.6 cm³/mol. The van der Waals surface area contributed by atoms with Crippen LogP contribution in [0.5, 0.6) is 5.75 Å². The van der Waals surface area contributed by atoms with E-state index < -0.39 is 14.9 Å². The number of ether oxygens (including phenoxy) is 1. The predicted octanol–water partition coefficient (Wildman–Crippen LogP) is 0.641. The highest BCUT2D eigenvalue weighted by Crippen LogP contribution is 2.24. The van der Waals surface area contributed by atoms with Crippen LogP contribution in [-0.2, 0) is 10.0 Å². The van der Waals surface area contributed by atoms with Crippen LogP contribution in [0.1, 0.15) is 6.92 Å². The first kappa shape index (κ1) is 12.4. The molecule has 0 aliphatic heterocycles. The zero-order valence-corrected chi connectivity index (χ0v) is 9.23. The van der Waals surface area contributed by atoms with Crippen molar-refractivity contribution in [1.82, 2.24) is 0 Å². The molecule has 16 heavy (non-hydrogen) atoms. The molecule has 0 spiro atoms. The van der Waals surface area contributed by atoms with Crippen LogP contribution in [0.3, 0.4) is 0 Å². The first-order valence-corrected chi connectivity index (χ1v) is 5.84. The number of non-ortho nitro benzene ring substituents is 1. The zero-order valence-electron chi connectivity index (χ0n) is 8.41. The lowest BCUT2D eigenvalue weighted by Gasteiger charge is -2.05. The third-order valence-corrected chi connectivity index (χ3v) is 2.61. The Morgan fingerprint density at radius 3 is 2.50 bits per heavy atom. The quantitative estimate of drug-likeness (QED) is 0.618. The Morgan fingerprint density at radius 1 is 1.44 bits per heavy atom. The first-order chi connectivity index (χ1) is 7.34. The second kappa shape index (κ2) is 4.45. The first-order valence-electron chi connectivity index (χ1n) is 4.29. The normalized spacial score (nSPS) is 11.1. The summed E-state index contributed by atoms with van der Waals surface area (Å²) in [6.07, 6.45) is 0. The fourth-order valence-electron chi connectivity index (χ4n) is 1.08. The van der Waals surface area contributed by atoms with Crippen molar-refractivity contribution in [3.8, 4) is 5.75 Å². The van der Waals surface area contributed by atoms with Crippen LogP contribution in [0.4, 0.5) is 5.69 Å². The van der Waals surface area contributed by atoms with E-state index in [9.17, 15) is 18.5 Å². The number of nitrogens with zero attached hydrogens (tertiary/aromatic N) is 1. The van der Waals surface area contributed by atoms with Gasteiger partial charge in [0.05, 0.1) is 22.5 Å². The number of hydrogen-bond acceptors (Lipinski definition) is 5. The van der Waals surface area contributed by atoms with Gasteiger partial charge in [-0.15, -0.1) is 0 Å². The molecule has 0 bridgehead atoms. The Balaban J connectivity index is 3.35. The van der Waals surface area contributed by atoms with Gasteiger partial charge in [0.15, 0.2) is 0 Å². The molecule has 88 valence electrons. The van der Waals surface area contributed by atoms with Gasteiger partial charge in [0.25, 0.3) is 5.69 Å². The van der Waals surface area contributed by atoms with E-state index in [0.29, 0.717) is 0 Å². The van der Waals surface area contributed by atoms with Crippen LogP contribution in [0.25, 0.3) is 0 Å². The van der Waals surface area contributed by atoms with Gasteiger partial charge >= 0.3 is 0 Å². The van der Waals surface area contributed by atoms with E-state index in [2.05, 4.69) is 0 Å². The Hall–Kier alpha value is -1.67. The summed E-state index contributed by atoms with van der Waals surface area (Å²) in [5, 5.41) is 15.4. The SMILES string of the molecule is CCOc1cc([N+](=O)[O-])cc(S(N)(=O)=O)c1. The Kier molecular flexibility index (Phi) is 3.45. The molecule has 0 heterocycles. The molecule has 0 saturated carbocycles. The van der Waals surface area contributed by atoms with Crippen molar-refractivity contribution in [2.45, 2.75) is 11.8 Å². The molecular formula is C8H10N2O5S. The molecule has 0 saturated heterocycles. The smallest absolute Gasteiger partial charge is 0.274 e. The van der Waals surface area contributed by atoms with Gasteiger partial charge in [-0.25, -0.2) is 13.6 Å². The van der Waals surface area contributed by atoms with Crippen LogP contribution in [-0.4, -0.2) is 19.9 Å². The number of hydrogen-bond donors (Lipinski definition) is 1. The monoisotopic (exact) mass is 246 g/mol. The number of nitro benzene ring substituents is 1. The van der Waals surface area contributed by atoms with Crippen molar-refractivity contribution in [3.05, 3.63) is 28.3 Å². The van der Waals surface area contributed by atoms with Gasteiger partial charge in [-0.3, -0.25) is 10.1 Å². The van der Waals surface area contributed by atoms with E-state index >= 15 is 0 Å². The maximum absolute atomic E-state index is 11.1. The number of sulfonamides is 1. The van der Waals surface area contributed by atoms with Crippen molar-refractivity contribution in [2.24, 2.45) is 5.14 Å². The third kappa shape index (κ3) is 2.91. The largest absolute Gasteiger partial charge is 0.494 e. The molecule has 0 aliphatic rings. The highest BCUT2D eigenvalue weighted by molar-refractivity contribution is 7.89. The molecule has 8 heteroatoms. The number of nitrogens with two attached hydrogens (primary N) is 1. The summed E-state index contributed by atoms with van der Waals surface area (Å²) in [5.41, 5.74) is -0.380. The maximum atomic E-state index is 11.1. The molecule has 1 aromatic rings.